The van der Waals surface area contributed by atoms with E-state index in [0.29, 0.717) is 32.5 Å². The third-order valence-corrected chi connectivity index (χ3v) is 3.67. The summed E-state index contributed by atoms with van der Waals surface area (Å²) in [5.41, 5.74) is -0.438. The van der Waals surface area contributed by atoms with Crippen LogP contribution in [0.2, 0.25) is 0 Å². The molecule has 0 unspecified atom stereocenters. The Morgan fingerprint density at radius 1 is 1.29 bits per heavy atom. The zero-order chi connectivity index (χ0) is 15.5. The highest BCUT2D eigenvalue weighted by Gasteiger charge is 2.36. The molecule has 1 heterocycles. The molecule has 21 heavy (non-hydrogen) atoms. The predicted octanol–water partition coefficient (Wildman–Crippen LogP) is 3.48. The van der Waals surface area contributed by atoms with Gasteiger partial charge in [-0.1, -0.05) is 12.1 Å². The summed E-state index contributed by atoms with van der Waals surface area (Å²) in [6.07, 6.45) is -3.33. The first-order valence-corrected chi connectivity index (χ1v) is 7.01. The second-order valence-electron chi connectivity index (χ2n) is 5.03. The van der Waals surface area contributed by atoms with Crippen molar-refractivity contribution in [2.45, 2.75) is 25.9 Å². The number of hydrogen-bond acceptors (Lipinski definition) is 3. The molecule has 0 saturated carbocycles. The standard InChI is InChI=1S/C15H18F3NO2/c1-2-21-14(20)11-7-9-19(10-8-11)13-6-4-3-5-12(13)15(16,17)18/h3-6,11H,2,7-10H2,1H3. The van der Waals surface area contributed by atoms with Crippen LogP contribution in [-0.2, 0) is 15.7 Å². The number of ether oxygens (including phenoxy) is 1. The summed E-state index contributed by atoms with van der Waals surface area (Å²) in [5.74, 6) is -0.458. The molecule has 1 aromatic carbocycles. The molecule has 3 nitrogen and oxygen atoms in total. The maximum atomic E-state index is 13.0. The minimum absolute atomic E-state index is 0.187. The van der Waals surface area contributed by atoms with Crippen LogP contribution in [0.25, 0.3) is 0 Å². The van der Waals surface area contributed by atoms with Gasteiger partial charge in [0.15, 0.2) is 0 Å². The first-order chi connectivity index (χ1) is 9.93. The van der Waals surface area contributed by atoms with Gasteiger partial charge in [-0.05, 0) is 31.9 Å². The van der Waals surface area contributed by atoms with E-state index in [1.807, 2.05) is 0 Å². The van der Waals surface area contributed by atoms with Crippen LogP contribution >= 0.6 is 0 Å². The fraction of sp³-hybridized carbons (Fsp3) is 0.533. The minimum Gasteiger partial charge on any atom is -0.466 e. The smallest absolute Gasteiger partial charge is 0.418 e. The lowest BCUT2D eigenvalue weighted by Gasteiger charge is -2.34. The van der Waals surface area contributed by atoms with Crippen LogP contribution in [-0.4, -0.2) is 25.7 Å². The molecular formula is C15H18F3NO2. The topological polar surface area (TPSA) is 29.5 Å². The molecule has 0 bridgehead atoms. The lowest BCUT2D eigenvalue weighted by atomic mass is 9.96. The number of halogens is 3. The molecule has 0 amide bonds. The van der Waals surface area contributed by atoms with Crippen molar-refractivity contribution in [2.75, 3.05) is 24.6 Å². The van der Waals surface area contributed by atoms with Crippen LogP contribution in [0, 0.1) is 5.92 Å². The van der Waals surface area contributed by atoms with Crippen molar-refractivity contribution in [2.24, 2.45) is 5.92 Å². The molecule has 1 fully saturated rings. The molecule has 2 rings (SSSR count). The Labute approximate surface area is 121 Å². The van der Waals surface area contributed by atoms with E-state index in [2.05, 4.69) is 0 Å². The Bertz CT molecular complexity index is 494. The molecule has 1 saturated heterocycles. The van der Waals surface area contributed by atoms with Crippen molar-refractivity contribution >= 4 is 11.7 Å². The SMILES string of the molecule is CCOC(=O)C1CCN(c2ccccc2C(F)(F)F)CC1. The summed E-state index contributed by atoms with van der Waals surface area (Å²) < 4.78 is 44.0. The maximum absolute atomic E-state index is 13.0. The average molecular weight is 301 g/mol. The molecule has 116 valence electrons. The zero-order valence-electron chi connectivity index (χ0n) is 11.8. The van der Waals surface area contributed by atoms with Gasteiger partial charge in [0, 0.05) is 18.8 Å². The molecule has 0 N–H and O–H groups in total. The van der Waals surface area contributed by atoms with Crippen molar-refractivity contribution < 1.29 is 22.7 Å². The molecule has 0 radical (unpaired) electrons. The van der Waals surface area contributed by atoms with Crippen molar-refractivity contribution in [1.82, 2.24) is 0 Å². The number of carbonyl (C=O) groups is 1. The van der Waals surface area contributed by atoms with Gasteiger partial charge < -0.3 is 9.64 Å². The summed E-state index contributed by atoms with van der Waals surface area (Å²) in [6.45, 7) is 2.93. The number of para-hydroxylation sites is 1. The lowest BCUT2D eigenvalue weighted by Crippen LogP contribution is -2.37. The number of hydrogen-bond donors (Lipinski definition) is 0. The third-order valence-electron chi connectivity index (χ3n) is 3.67. The fourth-order valence-corrected chi connectivity index (χ4v) is 2.61. The van der Waals surface area contributed by atoms with Crippen LogP contribution < -0.4 is 4.90 Å². The van der Waals surface area contributed by atoms with E-state index in [0.717, 1.165) is 6.07 Å². The van der Waals surface area contributed by atoms with Crippen LogP contribution in [0.1, 0.15) is 25.3 Å². The molecule has 1 aromatic rings. The van der Waals surface area contributed by atoms with E-state index in [9.17, 15) is 18.0 Å². The van der Waals surface area contributed by atoms with E-state index < -0.39 is 11.7 Å². The van der Waals surface area contributed by atoms with E-state index in [4.69, 9.17) is 4.74 Å². The number of anilines is 1. The van der Waals surface area contributed by atoms with Crippen LogP contribution in [0.4, 0.5) is 18.9 Å². The fourth-order valence-electron chi connectivity index (χ4n) is 2.61. The lowest BCUT2D eigenvalue weighted by molar-refractivity contribution is -0.148. The van der Waals surface area contributed by atoms with Gasteiger partial charge in [-0.25, -0.2) is 0 Å². The predicted molar refractivity (Wildman–Crippen MR) is 73.0 cm³/mol. The number of carbonyl (C=O) groups excluding carboxylic acids is 1. The number of esters is 1. The van der Waals surface area contributed by atoms with Gasteiger partial charge in [0.05, 0.1) is 18.1 Å². The summed E-state index contributed by atoms with van der Waals surface area (Å²) in [6, 6.07) is 5.56. The summed E-state index contributed by atoms with van der Waals surface area (Å²) in [5, 5.41) is 0. The molecule has 6 heteroatoms. The number of alkyl halides is 3. The highest BCUT2D eigenvalue weighted by Crippen LogP contribution is 2.37. The van der Waals surface area contributed by atoms with Gasteiger partial charge in [0.25, 0.3) is 0 Å². The number of piperidine rings is 1. The highest BCUT2D eigenvalue weighted by atomic mass is 19.4. The van der Waals surface area contributed by atoms with Crippen LogP contribution in [0.15, 0.2) is 24.3 Å². The average Bonchev–Trinajstić information content (AvgIpc) is 2.47. The van der Waals surface area contributed by atoms with Gasteiger partial charge in [0.2, 0.25) is 0 Å². The second-order valence-corrected chi connectivity index (χ2v) is 5.03. The quantitative estimate of drug-likeness (QED) is 0.801. The Balaban J connectivity index is 2.08. The first-order valence-electron chi connectivity index (χ1n) is 7.01. The Hall–Kier alpha value is -1.72. The largest absolute Gasteiger partial charge is 0.466 e. The Kier molecular flexibility index (Phi) is 4.75. The van der Waals surface area contributed by atoms with Crippen molar-refractivity contribution in [3.63, 3.8) is 0 Å². The maximum Gasteiger partial charge on any atom is 0.418 e. The van der Waals surface area contributed by atoms with E-state index in [-0.39, 0.29) is 17.6 Å². The van der Waals surface area contributed by atoms with E-state index in [1.165, 1.54) is 12.1 Å². The highest BCUT2D eigenvalue weighted by molar-refractivity contribution is 5.73. The second kappa shape index (κ2) is 6.37. The molecule has 0 aliphatic carbocycles. The monoisotopic (exact) mass is 301 g/mol. The molecule has 1 aliphatic heterocycles. The third kappa shape index (κ3) is 3.68. The van der Waals surface area contributed by atoms with Gasteiger partial charge in [-0.3, -0.25) is 4.79 Å². The van der Waals surface area contributed by atoms with E-state index in [1.54, 1.807) is 17.9 Å². The number of rotatable bonds is 3. The van der Waals surface area contributed by atoms with Crippen molar-refractivity contribution in [1.29, 1.82) is 0 Å². The van der Waals surface area contributed by atoms with Gasteiger partial charge >= 0.3 is 12.1 Å². The number of benzene rings is 1. The first kappa shape index (κ1) is 15.7. The molecule has 0 aromatic heterocycles. The van der Waals surface area contributed by atoms with Crippen molar-refractivity contribution in [3.05, 3.63) is 29.8 Å². The zero-order valence-corrected chi connectivity index (χ0v) is 11.8. The molecule has 1 aliphatic rings. The van der Waals surface area contributed by atoms with Crippen molar-refractivity contribution in [3.8, 4) is 0 Å². The van der Waals surface area contributed by atoms with Gasteiger partial charge in [0.1, 0.15) is 0 Å². The molecular weight excluding hydrogens is 283 g/mol. The van der Waals surface area contributed by atoms with Crippen LogP contribution in [0.5, 0.6) is 0 Å². The van der Waals surface area contributed by atoms with Crippen LogP contribution in [0.3, 0.4) is 0 Å². The molecule has 0 spiro atoms. The summed E-state index contributed by atoms with van der Waals surface area (Å²) in [4.78, 5) is 13.3. The number of nitrogens with zero attached hydrogens (tertiary/aromatic N) is 1. The summed E-state index contributed by atoms with van der Waals surface area (Å²) >= 11 is 0. The Morgan fingerprint density at radius 2 is 1.90 bits per heavy atom. The summed E-state index contributed by atoms with van der Waals surface area (Å²) in [7, 11) is 0. The van der Waals surface area contributed by atoms with Gasteiger partial charge in [-0.15, -0.1) is 0 Å². The Morgan fingerprint density at radius 3 is 2.48 bits per heavy atom. The van der Waals surface area contributed by atoms with E-state index >= 15 is 0 Å². The van der Waals surface area contributed by atoms with Gasteiger partial charge in [-0.2, -0.15) is 13.2 Å². The normalized spacial score (nSPS) is 16.9. The minimum atomic E-state index is -4.37. The molecule has 0 atom stereocenters.